The van der Waals surface area contributed by atoms with Crippen LogP contribution in [0.2, 0.25) is 0 Å². The monoisotopic (exact) mass is 297 g/mol. The lowest BCUT2D eigenvalue weighted by Gasteiger charge is -2.39. The Morgan fingerprint density at radius 1 is 1.60 bits per heavy atom. The van der Waals surface area contributed by atoms with Gasteiger partial charge >= 0.3 is 5.97 Å². The molecule has 1 aromatic heterocycles. The first-order chi connectivity index (χ1) is 9.56. The number of aryl methyl sites for hydroxylation is 1. The maximum Gasteiger partial charge on any atom is 0.308 e. The number of ether oxygens (including phenoxy) is 1. The normalized spacial score (nSPS) is 23.1. The molecule has 1 fully saturated rings. The summed E-state index contributed by atoms with van der Waals surface area (Å²) in [4.78, 5) is 26.3. The lowest BCUT2D eigenvalue weighted by Crippen LogP contribution is -2.46. The summed E-state index contributed by atoms with van der Waals surface area (Å²) < 4.78 is 5.05. The summed E-state index contributed by atoms with van der Waals surface area (Å²) in [5, 5.41) is 11.4. The van der Waals surface area contributed by atoms with E-state index >= 15 is 0 Å². The molecule has 0 aliphatic carbocycles. The molecular formula is C14H19NO4S. The van der Waals surface area contributed by atoms with E-state index in [0.717, 1.165) is 10.4 Å². The van der Waals surface area contributed by atoms with Crippen molar-refractivity contribution in [2.75, 3.05) is 20.3 Å². The zero-order valence-electron chi connectivity index (χ0n) is 11.7. The van der Waals surface area contributed by atoms with Gasteiger partial charge in [-0.05, 0) is 30.4 Å². The highest BCUT2D eigenvalue weighted by molar-refractivity contribution is 7.10. The summed E-state index contributed by atoms with van der Waals surface area (Å²) in [7, 11) is 1.58. The standard InChI is InChI=1S/C14H19NO4S/c1-9-5-8-20-13(9)12-10(14(17)18)3-4-11(16)15(12)6-7-19-2/h5,8,10,12H,3-4,6-7H2,1-2H3,(H,17,18)/t10-,12-/m1/s1. The molecule has 20 heavy (non-hydrogen) atoms. The van der Waals surface area contributed by atoms with Crippen molar-refractivity contribution in [1.82, 2.24) is 4.90 Å². The molecule has 2 rings (SSSR count). The third-order valence-corrected chi connectivity index (χ3v) is 4.82. The van der Waals surface area contributed by atoms with Gasteiger partial charge in [0.2, 0.25) is 5.91 Å². The SMILES string of the molecule is COCCN1C(=O)CC[C@@H](C(=O)O)[C@@H]1c1sccc1C. The Bertz CT molecular complexity index is 499. The third-order valence-electron chi connectivity index (χ3n) is 3.73. The lowest BCUT2D eigenvalue weighted by atomic mass is 9.86. The van der Waals surface area contributed by atoms with Gasteiger partial charge in [-0.25, -0.2) is 0 Å². The second-order valence-electron chi connectivity index (χ2n) is 4.98. The minimum atomic E-state index is -0.835. The van der Waals surface area contributed by atoms with Crippen molar-refractivity contribution in [3.05, 3.63) is 21.9 Å². The first kappa shape index (κ1) is 15.0. The number of rotatable bonds is 5. The number of hydrogen-bond acceptors (Lipinski definition) is 4. The average Bonchev–Trinajstić information content (AvgIpc) is 2.82. The highest BCUT2D eigenvalue weighted by Gasteiger charge is 2.41. The molecule has 6 heteroatoms. The van der Waals surface area contributed by atoms with Gasteiger partial charge in [0.25, 0.3) is 0 Å². The minimum absolute atomic E-state index is 0.0114. The molecule has 0 radical (unpaired) electrons. The Morgan fingerprint density at radius 2 is 2.35 bits per heavy atom. The van der Waals surface area contributed by atoms with Gasteiger partial charge in [-0.3, -0.25) is 9.59 Å². The van der Waals surface area contributed by atoms with Crippen LogP contribution in [0.3, 0.4) is 0 Å². The van der Waals surface area contributed by atoms with Gasteiger partial charge in [0.15, 0.2) is 0 Å². The van der Waals surface area contributed by atoms with Crippen molar-refractivity contribution >= 4 is 23.2 Å². The van der Waals surface area contributed by atoms with Crippen LogP contribution in [0.15, 0.2) is 11.4 Å². The van der Waals surface area contributed by atoms with E-state index in [0.29, 0.717) is 26.0 Å². The summed E-state index contributed by atoms with van der Waals surface area (Å²) in [6, 6.07) is 1.59. The van der Waals surface area contributed by atoms with E-state index in [9.17, 15) is 14.7 Å². The van der Waals surface area contributed by atoms with Crippen LogP contribution in [-0.4, -0.2) is 42.1 Å². The molecule has 1 aliphatic heterocycles. The number of carboxylic acids is 1. The van der Waals surface area contributed by atoms with Crippen molar-refractivity contribution in [3.8, 4) is 0 Å². The van der Waals surface area contributed by atoms with Gasteiger partial charge in [0, 0.05) is 25.0 Å². The topological polar surface area (TPSA) is 66.8 Å². The molecule has 0 saturated carbocycles. The predicted molar refractivity (Wildman–Crippen MR) is 75.7 cm³/mol. The van der Waals surface area contributed by atoms with E-state index in [2.05, 4.69) is 0 Å². The van der Waals surface area contributed by atoms with Gasteiger partial charge in [0.05, 0.1) is 18.6 Å². The maximum atomic E-state index is 12.2. The van der Waals surface area contributed by atoms with Crippen molar-refractivity contribution in [3.63, 3.8) is 0 Å². The molecule has 0 aromatic carbocycles. The fourth-order valence-electron chi connectivity index (χ4n) is 2.68. The molecule has 0 spiro atoms. The zero-order chi connectivity index (χ0) is 14.7. The molecule has 1 aromatic rings. The van der Waals surface area contributed by atoms with Gasteiger partial charge < -0.3 is 14.7 Å². The third kappa shape index (κ3) is 2.86. The van der Waals surface area contributed by atoms with E-state index in [1.807, 2.05) is 18.4 Å². The number of carbonyl (C=O) groups is 2. The molecule has 1 N–H and O–H groups in total. The molecular weight excluding hydrogens is 278 g/mol. The molecule has 1 aliphatic rings. The number of thiophene rings is 1. The maximum absolute atomic E-state index is 12.2. The Morgan fingerprint density at radius 3 is 2.90 bits per heavy atom. The second kappa shape index (κ2) is 6.37. The van der Waals surface area contributed by atoms with Crippen molar-refractivity contribution in [1.29, 1.82) is 0 Å². The molecule has 0 unspecified atom stereocenters. The summed E-state index contributed by atoms with van der Waals surface area (Å²) in [5.41, 5.74) is 1.04. The lowest BCUT2D eigenvalue weighted by molar-refractivity contribution is -0.152. The van der Waals surface area contributed by atoms with Crippen LogP contribution < -0.4 is 0 Å². The van der Waals surface area contributed by atoms with Crippen LogP contribution in [0.5, 0.6) is 0 Å². The first-order valence-corrected chi connectivity index (χ1v) is 7.49. The van der Waals surface area contributed by atoms with Gasteiger partial charge in [-0.1, -0.05) is 0 Å². The smallest absolute Gasteiger partial charge is 0.308 e. The molecule has 110 valence electrons. The number of carboxylic acid groups (broad SMARTS) is 1. The average molecular weight is 297 g/mol. The summed E-state index contributed by atoms with van der Waals surface area (Å²) in [6.45, 7) is 2.80. The van der Waals surface area contributed by atoms with Crippen molar-refractivity contribution in [2.24, 2.45) is 5.92 Å². The number of piperidine rings is 1. The van der Waals surface area contributed by atoms with E-state index in [4.69, 9.17) is 4.74 Å². The number of nitrogens with zero attached hydrogens (tertiary/aromatic N) is 1. The fourth-order valence-corrected chi connectivity index (χ4v) is 3.78. The number of carbonyl (C=O) groups excluding carboxylic acids is 1. The summed E-state index contributed by atoms with van der Waals surface area (Å²) >= 11 is 1.52. The highest BCUT2D eigenvalue weighted by Crippen LogP contribution is 2.40. The van der Waals surface area contributed by atoms with Crippen LogP contribution in [-0.2, 0) is 14.3 Å². The van der Waals surface area contributed by atoms with Crippen molar-refractivity contribution in [2.45, 2.75) is 25.8 Å². The molecule has 1 saturated heterocycles. The molecule has 5 nitrogen and oxygen atoms in total. The number of methoxy groups -OCH3 is 1. The van der Waals surface area contributed by atoms with E-state index in [1.165, 1.54) is 11.3 Å². The molecule has 2 heterocycles. The first-order valence-electron chi connectivity index (χ1n) is 6.61. The molecule has 2 atom stereocenters. The summed E-state index contributed by atoms with van der Waals surface area (Å²) in [6.07, 6.45) is 0.696. The number of likely N-dealkylation sites (tertiary alicyclic amines) is 1. The second-order valence-corrected chi connectivity index (χ2v) is 5.92. The fraction of sp³-hybridized carbons (Fsp3) is 0.571. The van der Waals surface area contributed by atoms with Gasteiger partial charge in [-0.2, -0.15) is 0 Å². The van der Waals surface area contributed by atoms with E-state index < -0.39 is 11.9 Å². The van der Waals surface area contributed by atoms with E-state index in [1.54, 1.807) is 12.0 Å². The van der Waals surface area contributed by atoms with Crippen LogP contribution in [0.25, 0.3) is 0 Å². The molecule has 1 amide bonds. The largest absolute Gasteiger partial charge is 0.481 e. The quantitative estimate of drug-likeness (QED) is 0.903. The van der Waals surface area contributed by atoms with Crippen LogP contribution in [0.1, 0.15) is 29.3 Å². The predicted octanol–water partition coefficient (Wildman–Crippen LogP) is 2.07. The van der Waals surface area contributed by atoms with Gasteiger partial charge in [-0.15, -0.1) is 11.3 Å². The van der Waals surface area contributed by atoms with Gasteiger partial charge in [0.1, 0.15) is 0 Å². The van der Waals surface area contributed by atoms with E-state index in [-0.39, 0.29) is 11.9 Å². The van der Waals surface area contributed by atoms with Crippen molar-refractivity contribution < 1.29 is 19.4 Å². The zero-order valence-corrected chi connectivity index (χ0v) is 12.5. The summed E-state index contributed by atoms with van der Waals surface area (Å²) in [5.74, 6) is -1.36. The number of amides is 1. The Kier molecular flexibility index (Phi) is 4.77. The highest BCUT2D eigenvalue weighted by atomic mass is 32.1. The Balaban J connectivity index is 2.36. The Labute approximate surface area is 122 Å². The number of aliphatic carboxylic acids is 1. The minimum Gasteiger partial charge on any atom is -0.481 e. The molecule has 0 bridgehead atoms. The van der Waals surface area contributed by atoms with Crippen LogP contribution in [0, 0.1) is 12.8 Å². The Hall–Kier alpha value is -1.40. The van der Waals surface area contributed by atoms with Crippen LogP contribution >= 0.6 is 11.3 Å². The number of hydrogen-bond donors (Lipinski definition) is 1. The van der Waals surface area contributed by atoms with Crippen LogP contribution in [0.4, 0.5) is 0 Å².